The van der Waals surface area contributed by atoms with Crippen LogP contribution in [-0.2, 0) is 17.8 Å². The van der Waals surface area contributed by atoms with E-state index in [1.165, 1.54) is 5.56 Å². The van der Waals surface area contributed by atoms with Crippen molar-refractivity contribution >= 4 is 28.9 Å². The van der Waals surface area contributed by atoms with E-state index in [1.54, 1.807) is 0 Å². The Labute approximate surface area is 135 Å². The van der Waals surface area contributed by atoms with Crippen molar-refractivity contribution in [2.75, 3.05) is 10.6 Å². The van der Waals surface area contributed by atoms with E-state index < -0.39 is 0 Å². The van der Waals surface area contributed by atoms with Crippen LogP contribution in [-0.4, -0.2) is 5.91 Å². The molecule has 2 N–H and O–H groups in total. The number of anilines is 2. The average Bonchev–Trinajstić information content (AvgIpc) is 2.50. The quantitative estimate of drug-likeness (QED) is 0.851. The third-order valence-corrected chi connectivity index (χ3v) is 4.63. The van der Waals surface area contributed by atoms with E-state index in [0.29, 0.717) is 18.0 Å². The van der Waals surface area contributed by atoms with Crippen molar-refractivity contribution in [3.05, 3.63) is 57.6 Å². The van der Waals surface area contributed by atoms with Crippen molar-refractivity contribution in [1.29, 1.82) is 0 Å². The standard InChI is InChI=1S/C18H19ClN2O/c1-11-9-16-15(12(2)18(11)20)7-8-17(22)21(16)10-13-3-5-14(19)6-4-13/h3-6,9H,7-8,10,20H2,1-2H3. The molecule has 0 bridgehead atoms. The number of nitrogen functional groups attached to an aromatic ring is 1. The molecular formula is C18H19ClN2O. The molecule has 0 spiro atoms. The van der Waals surface area contributed by atoms with Gasteiger partial charge in [-0.05, 0) is 60.7 Å². The Morgan fingerprint density at radius 1 is 1.18 bits per heavy atom. The summed E-state index contributed by atoms with van der Waals surface area (Å²) in [6, 6.07) is 9.66. The second-order valence-corrected chi connectivity index (χ2v) is 6.27. The Kier molecular flexibility index (Phi) is 3.83. The van der Waals surface area contributed by atoms with Crippen molar-refractivity contribution in [3.8, 4) is 0 Å². The topological polar surface area (TPSA) is 46.3 Å². The molecule has 1 heterocycles. The van der Waals surface area contributed by atoms with Crippen LogP contribution in [0.3, 0.4) is 0 Å². The number of rotatable bonds is 2. The summed E-state index contributed by atoms with van der Waals surface area (Å²) in [6.45, 7) is 4.59. The molecule has 1 aliphatic heterocycles. The number of carbonyl (C=O) groups is 1. The maximum atomic E-state index is 12.4. The van der Waals surface area contributed by atoms with Crippen LogP contribution in [0.4, 0.5) is 11.4 Å². The van der Waals surface area contributed by atoms with E-state index >= 15 is 0 Å². The molecule has 2 aromatic carbocycles. The van der Waals surface area contributed by atoms with Crippen molar-refractivity contribution < 1.29 is 4.79 Å². The second-order valence-electron chi connectivity index (χ2n) is 5.84. The van der Waals surface area contributed by atoms with Crippen LogP contribution >= 0.6 is 11.6 Å². The Morgan fingerprint density at radius 2 is 1.86 bits per heavy atom. The summed E-state index contributed by atoms with van der Waals surface area (Å²) >= 11 is 5.93. The lowest BCUT2D eigenvalue weighted by Crippen LogP contribution is -2.35. The van der Waals surface area contributed by atoms with Gasteiger partial charge in [0.05, 0.1) is 6.54 Å². The number of benzene rings is 2. The first-order chi connectivity index (χ1) is 10.5. The largest absolute Gasteiger partial charge is 0.398 e. The molecule has 4 heteroatoms. The van der Waals surface area contributed by atoms with E-state index in [-0.39, 0.29) is 5.91 Å². The lowest BCUT2D eigenvalue weighted by atomic mass is 9.92. The van der Waals surface area contributed by atoms with Crippen molar-refractivity contribution in [1.82, 2.24) is 0 Å². The van der Waals surface area contributed by atoms with Gasteiger partial charge in [-0.2, -0.15) is 0 Å². The zero-order chi connectivity index (χ0) is 15.9. The molecule has 3 rings (SSSR count). The van der Waals surface area contributed by atoms with Gasteiger partial charge >= 0.3 is 0 Å². The first kappa shape index (κ1) is 14.9. The molecule has 0 saturated heterocycles. The second kappa shape index (κ2) is 5.65. The summed E-state index contributed by atoms with van der Waals surface area (Å²) in [4.78, 5) is 14.3. The number of fused-ring (bicyclic) bond motifs is 1. The van der Waals surface area contributed by atoms with Gasteiger partial charge in [0.15, 0.2) is 0 Å². The number of hydrogen-bond acceptors (Lipinski definition) is 2. The highest BCUT2D eigenvalue weighted by Crippen LogP contribution is 2.36. The fourth-order valence-corrected chi connectivity index (χ4v) is 3.15. The minimum Gasteiger partial charge on any atom is -0.398 e. The maximum Gasteiger partial charge on any atom is 0.227 e. The molecule has 0 atom stereocenters. The smallest absolute Gasteiger partial charge is 0.227 e. The summed E-state index contributed by atoms with van der Waals surface area (Å²) < 4.78 is 0. The van der Waals surface area contributed by atoms with Crippen LogP contribution in [0.25, 0.3) is 0 Å². The molecular weight excluding hydrogens is 296 g/mol. The minimum atomic E-state index is 0.158. The molecule has 0 fully saturated rings. The van der Waals surface area contributed by atoms with Gasteiger partial charge in [-0.1, -0.05) is 23.7 Å². The predicted molar refractivity (Wildman–Crippen MR) is 91.3 cm³/mol. The molecule has 114 valence electrons. The van der Waals surface area contributed by atoms with E-state index in [1.807, 2.05) is 49.1 Å². The normalized spacial score (nSPS) is 14.1. The molecule has 0 aromatic heterocycles. The average molecular weight is 315 g/mol. The number of amides is 1. The predicted octanol–water partition coefficient (Wildman–Crippen LogP) is 4.02. The van der Waals surface area contributed by atoms with Gasteiger partial charge in [0.25, 0.3) is 0 Å². The molecule has 22 heavy (non-hydrogen) atoms. The number of carbonyl (C=O) groups excluding carboxylic acids is 1. The van der Waals surface area contributed by atoms with Gasteiger partial charge in [0, 0.05) is 22.8 Å². The lowest BCUT2D eigenvalue weighted by Gasteiger charge is -2.31. The van der Waals surface area contributed by atoms with E-state index in [4.69, 9.17) is 17.3 Å². The number of nitrogens with two attached hydrogens (primary N) is 1. The molecule has 0 saturated carbocycles. The van der Waals surface area contributed by atoms with Crippen LogP contribution in [0.15, 0.2) is 30.3 Å². The first-order valence-corrected chi connectivity index (χ1v) is 7.78. The first-order valence-electron chi connectivity index (χ1n) is 7.40. The minimum absolute atomic E-state index is 0.158. The highest BCUT2D eigenvalue weighted by molar-refractivity contribution is 6.30. The van der Waals surface area contributed by atoms with Crippen LogP contribution in [0, 0.1) is 13.8 Å². The van der Waals surface area contributed by atoms with Gasteiger partial charge in [-0.25, -0.2) is 0 Å². The number of nitrogens with zero attached hydrogens (tertiary/aromatic N) is 1. The highest BCUT2D eigenvalue weighted by Gasteiger charge is 2.26. The fourth-order valence-electron chi connectivity index (χ4n) is 3.02. The van der Waals surface area contributed by atoms with Gasteiger partial charge in [0.1, 0.15) is 0 Å². The van der Waals surface area contributed by atoms with E-state index in [9.17, 15) is 4.79 Å². The molecule has 3 nitrogen and oxygen atoms in total. The van der Waals surface area contributed by atoms with Crippen LogP contribution in [0.1, 0.15) is 28.7 Å². The summed E-state index contributed by atoms with van der Waals surface area (Å²) in [5.41, 5.74) is 12.3. The molecule has 1 aliphatic rings. The number of hydrogen-bond donors (Lipinski definition) is 1. The zero-order valence-electron chi connectivity index (χ0n) is 12.8. The van der Waals surface area contributed by atoms with Crippen molar-refractivity contribution in [2.45, 2.75) is 33.2 Å². The van der Waals surface area contributed by atoms with Gasteiger partial charge in [-0.15, -0.1) is 0 Å². The summed E-state index contributed by atoms with van der Waals surface area (Å²) in [5.74, 6) is 0.158. The van der Waals surface area contributed by atoms with E-state index in [0.717, 1.165) is 34.5 Å². The van der Waals surface area contributed by atoms with Gasteiger partial charge in [0.2, 0.25) is 5.91 Å². The summed E-state index contributed by atoms with van der Waals surface area (Å²) in [5, 5.41) is 0.702. The van der Waals surface area contributed by atoms with Crippen LogP contribution < -0.4 is 10.6 Å². The summed E-state index contributed by atoms with van der Waals surface area (Å²) in [6.07, 6.45) is 1.30. The fraction of sp³-hybridized carbons (Fsp3) is 0.278. The Hall–Kier alpha value is -2.00. The number of halogens is 1. The molecule has 0 unspecified atom stereocenters. The Bertz CT molecular complexity index is 738. The lowest BCUT2D eigenvalue weighted by molar-refractivity contribution is -0.119. The summed E-state index contributed by atoms with van der Waals surface area (Å²) in [7, 11) is 0. The van der Waals surface area contributed by atoms with Gasteiger partial charge < -0.3 is 10.6 Å². The molecule has 1 amide bonds. The third kappa shape index (κ3) is 2.57. The zero-order valence-corrected chi connectivity index (χ0v) is 13.6. The molecule has 0 aliphatic carbocycles. The molecule has 2 aromatic rings. The van der Waals surface area contributed by atoms with Gasteiger partial charge in [-0.3, -0.25) is 4.79 Å². The highest BCUT2D eigenvalue weighted by atomic mass is 35.5. The number of aryl methyl sites for hydroxylation is 1. The Balaban J connectivity index is 2.02. The third-order valence-electron chi connectivity index (χ3n) is 4.38. The monoisotopic (exact) mass is 314 g/mol. The van der Waals surface area contributed by atoms with Crippen molar-refractivity contribution in [3.63, 3.8) is 0 Å². The van der Waals surface area contributed by atoms with E-state index in [2.05, 4.69) is 0 Å². The SMILES string of the molecule is Cc1cc2c(c(C)c1N)CCC(=O)N2Cc1ccc(Cl)cc1. The van der Waals surface area contributed by atoms with Crippen molar-refractivity contribution in [2.24, 2.45) is 0 Å². The Morgan fingerprint density at radius 3 is 2.55 bits per heavy atom. The molecule has 0 radical (unpaired) electrons. The van der Waals surface area contributed by atoms with Crippen LogP contribution in [0.5, 0.6) is 0 Å². The van der Waals surface area contributed by atoms with Crippen LogP contribution in [0.2, 0.25) is 5.02 Å². The maximum absolute atomic E-state index is 12.4.